The van der Waals surface area contributed by atoms with Crippen molar-refractivity contribution in [1.29, 1.82) is 0 Å². The summed E-state index contributed by atoms with van der Waals surface area (Å²) in [4.78, 5) is 15.5. The van der Waals surface area contributed by atoms with E-state index < -0.39 is 5.97 Å². The number of nitrogens with two attached hydrogens (primary N) is 1. The van der Waals surface area contributed by atoms with Crippen molar-refractivity contribution in [2.75, 3.05) is 19.8 Å². The lowest BCUT2D eigenvalue weighted by Crippen LogP contribution is -2.13. The van der Waals surface area contributed by atoms with Gasteiger partial charge < -0.3 is 15.2 Å². The van der Waals surface area contributed by atoms with Crippen LogP contribution in [0.4, 0.5) is 0 Å². The molecule has 0 amide bonds. The fourth-order valence-corrected chi connectivity index (χ4v) is 1.73. The first-order valence-corrected chi connectivity index (χ1v) is 6.40. The average Bonchev–Trinajstić information content (AvgIpc) is 2.76. The third-order valence-corrected chi connectivity index (χ3v) is 2.72. The van der Waals surface area contributed by atoms with Gasteiger partial charge in [0.25, 0.3) is 0 Å². The van der Waals surface area contributed by atoms with Crippen LogP contribution in [0.25, 0.3) is 0 Å². The number of hydrogen-bond acceptors (Lipinski definition) is 6. The second-order valence-corrected chi connectivity index (χ2v) is 4.88. The van der Waals surface area contributed by atoms with Crippen LogP contribution in [-0.2, 0) is 16.0 Å². The summed E-state index contributed by atoms with van der Waals surface area (Å²) in [5.41, 5.74) is 5.73. The lowest BCUT2D eigenvalue weighted by Gasteiger charge is -2.06. The Balaban J connectivity index is 2.21. The summed E-state index contributed by atoms with van der Waals surface area (Å²) < 4.78 is 10.3. The number of carbonyl (C=O) groups excluding carboxylic acids is 1. The van der Waals surface area contributed by atoms with Crippen molar-refractivity contribution >= 4 is 17.3 Å². The Morgan fingerprint density at radius 2 is 2.29 bits per heavy atom. The molecular formula is C11H18N2O3S. The predicted octanol–water partition coefficient (Wildman–Crippen LogP) is 1.43. The first-order chi connectivity index (χ1) is 8.13. The zero-order valence-corrected chi connectivity index (χ0v) is 11.0. The highest BCUT2D eigenvalue weighted by Crippen LogP contribution is 2.09. The zero-order valence-electron chi connectivity index (χ0n) is 10.1. The number of hydrogen-bond donors (Lipinski definition) is 1. The fraction of sp³-hybridized carbons (Fsp3) is 0.636. The van der Waals surface area contributed by atoms with Crippen molar-refractivity contribution in [3.05, 3.63) is 16.1 Å². The second-order valence-electron chi connectivity index (χ2n) is 3.94. The summed E-state index contributed by atoms with van der Waals surface area (Å²) >= 11 is 1.36. The predicted molar refractivity (Wildman–Crippen MR) is 65.9 cm³/mol. The summed E-state index contributed by atoms with van der Waals surface area (Å²) in [5, 5.41) is 2.38. The Labute approximate surface area is 105 Å². The molecule has 0 fully saturated rings. The molecule has 96 valence electrons. The maximum Gasteiger partial charge on any atom is 0.357 e. The lowest BCUT2D eigenvalue weighted by molar-refractivity contribution is 0.0273. The van der Waals surface area contributed by atoms with E-state index in [4.69, 9.17) is 15.2 Å². The van der Waals surface area contributed by atoms with Crippen LogP contribution in [0, 0.1) is 5.92 Å². The molecule has 1 aromatic rings. The normalized spacial score (nSPS) is 10.8. The van der Waals surface area contributed by atoms with E-state index in [0.717, 1.165) is 5.01 Å². The van der Waals surface area contributed by atoms with E-state index >= 15 is 0 Å². The van der Waals surface area contributed by atoms with Gasteiger partial charge in [-0.1, -0.05) is 13.8 Å². The zero-order chi connectivity index (χ0) is 12.7. The van der Waals surface area contributed by atoms with Crippen LogP contribution in [0.3, 0.4) is 0 Å². The molecule has 1 heterocycles. The number of carbonyl (C=O) groups is 1. The molecule has 2 N–H and O–H groups in total. The SMILES string of the molecule is CC(C)COCCOC(=O)c1csc(CN)n1. The molecular weight excluding hydrogens is 240 g/mol. The van der Waals surface area contributed by atoms with Gasteiger partial charge in [-0.2, -0.15) is 0 Å². The smallest absolute Gasteiger partial charge is 0.357 e. The van der Waals surface area contributed by atoms with E-state index in [9.17, 15) is 4.79 Å². The molecule has 0 bridgehead atoms. The van der Waals surface area contributed by atoms with E-state index in [2.05, 4.69) is 18.8 Å². The summed E-state index contributed by atoms with van der Waals surface area (Å²) in [5.74, 6) is 0.0606. The second kappa shape index (κ2) is 7.37. The number of aromatic nitrogens is 1. The number of nitrogens with zero attached hydrogens (tertiary/aromatic N) is 1. The van der Waals surface area contributed by atoms with Gasteiger partial charge in [0, 0.05) is 18.5 Å². The molecule has 0 aliphatic carbocycles. The van der Waals surface area contributed by atoms with Crippen LogP contribution in [0.5, 0.6) is 0 Å². The highest BCUT2D eigenvalue weighted by atomic mass is 32.1. The number of ether oxygens (including phenoxy) is 2. The molecule has 0 radical (unpaired) electrons. The minimum atomic E-state index is -0.422. The van der Waals surface area contributed by atoms with E-state index in [1.54, 1.807) is 5.38 Å². The van der Waals surface area contributed by atoms with Crippen molar-refractivity contribution in [2.45, 2.75) is 20.4 Å². The average molecular weight is 258 g/mol. The van der Waals surface area contributed by atoms with Crippen LogP contribution >= 0.6 is 11.3 Å². The minimum absolute atomic E-state index is 0.251. The van der Waals surface area contributed by atoms with Gasteiger partial charge in [-0.3, -0.25) is 0 Å². The Morgan fingerprint density at radius 3 is 2.88 bits per heavy atom. The Hall–Kier alpha value is -0.980. The Bertz CT molecular complexity index is 352. The van der Waals surface area contributed by atoms with Crippen LogP contribution in [0.2, 0.25) is 0 Å². The quantitative estimate of drug-likeness (QED) is 0.591. The van der Waals surface area contributed by atoms with Crippen LogP contribution < -0.4 is 5.73 Å². The van der Waals surface area contributed by atoms with Gasteiger partial charge in [0.1, 0.15) is 11.6 Å². The van der Waals surface area contributed by atoms with Gasteiger partial charge in [0.05, 0.1) is 6.61 Å². The summed E-state index contributed by atoms with van der Waals surface area (Å²) in [6, 6.07) is 0. The summed E-state index contributed by atoms with van der Waals surface area (Å²) in [7, 11) is 0. The summed E-state index contributed by atoms with van der Waals surface area (Å²) in [6.45, 7) is 5.81. The molecule has 1 aromatic heterocycles. The third kappa shape index (κ3) is 5.25. The highest BCUT2D eigenvalue weighted by Gasteiger charge is 2.11. The van der Waals surface area contributed by atoms with E-state index in [-0.39, 0.29) is 6.61 Å². The van der Waals surface area contributed by atoms with E-state index in [1.807, 2.05) is 0 Å². The van der Waals surface area contributed by atoms with Crippen LogP contribution in [-0.4, -0.2) is 30.8 Å². The van der Waals surface area contributed by atoms with Gasteiger partial charge in [0.2, 0.25) is 0 Å². The maximum absolute atomic E-state index is 11.5. The van der Waals surface area contributed by atoms with Crippen molar-refractivity contribution in [1.82, 2.24) is 4.98 Å². The molecule has 0 aliphatic rings. The highest BCUT2D eigenvalue weighted by molar-refractivity contribution is 7.09. The van der Waals surface area contributed by atoms with Crippen LogP contribution in [0.1, 0.15) is 29.3 Å². The lowest BCUT2D eigenvalue weighted by atomic mass is 10.2. The van der Waals surface area contributed by atoms with E-state index in [0.29, 0.717) is 31.4 Å². The topological polar surface area (TPSA) is 74.4 Å². The molecule has 0 saturated carbocycles. The molecule has 6 heteroatoms. The minimum Gasteiger partial charge on any atom is -0.458 e. The molecule has 5 nitrogen and oxygen atoms in total. The molecule has 0 atom stereocenters. The van der Waals surface area contributed by atoms with Crippen LogP contribution in [0.15, 0.2) is 5.38 Å². The Kier molecular flexibility index (Phi) is 6.10. The van der Waals surface area contributed by atoms with Gasteiger partial charge >= 0.3 is 5.97 Å². The Morgan fingerprint density at radius 1 is 1.53 bits per heavy atom. The van der Waals surface area contributed by atoms with Gasteiger partial charge in [-0.25, -0.2) is 9.78 Å². The van der Waals surface area contributed by atoms with E-state index in [1.165, 1.54) is 11.3 Å². The molecule has 0 aromatic carbocycles. The third-order valence-electron chi connectivity index (χ3n) is 1.85. The summed E-state index contributed by atoms with van der Waals surface area (Å²) in [6.07, 6.45) is 0. The molecule has 0 saturated heterocycles. The number of esters is 1. The first kappa shape index (κ1) is 14.1. The fourth-order valence-electron chi connectivity index (χ4n) is 1.08. The van der Waals surface area contributed by atoms with Gasteiger partial charge in [-0.05, 0) is 5.92 Å². The number of thiazole rings is 1. The van der Waals surface area contributed by atoms with Gasteiger partial charge in [0.15, 0.2) is 5.69 Å². The first-order valence-electron chi connectivity index (χ1n) is 5.52. The standard InChI is InChI=1S/C11H18N2O3S/c1-8(2)6-15-3-4-16-11(14)9-7-17-10(5-12)13-9/h7-8H,3-6,12H2,1-2H3. The van der Waals surface area contributed by atoms with Crippen molar-refractivity contribution in [3.63, 3.8) is 0 Å². The molecule has 0 unspecified atom stereocenters. The van der Waals surface area contributed by atoms with Crippen molar-refractivity contribution < 1.29 is 14.3 Å². The number of rotatable bonds is 7. The molecule has 0 aliphatic heterocycles. The van der Waals surface area contributed by atoms with Gasteiger partial charge in [-0.15, -0.1) is 11.3 Å². The largest absolute Gasteiger partial charge is 0.458 e. The van der Waals surface area contributed by atoms with Crippen molar-refractivity contribution in [2.24, 2.45) is 11.7 Å². The molecule has 0 spiro atoms. The maximum atomic E-state index is 11.5. The monoisotopic (exact) mass is 258 g/mol. The van der Waals surface area contributed by atoms with Crippen molar-refractivity contribution in [3.8, 4) is 0 Å². The molecule has 17 heavy (non-hydrogen) atoms. The molecule has 1 rings (SSSR count).